The number of aromatic nitrogens is 2. The van der Waals surface area contributed by atoms with Gasteiger partial charge in [-0.25, -0.2) is 9.97 Å². The first-order chi connectivity index (χ1) is 7.34. The van der Waals surface area contributed by atoms with E-state index in [1.807, 2.05) is 0 Å². The van der Waals surface area contributed by atoms with E-state index in [4.69, 9.17) is 11.6 Å². The van der Waals surface area contributed by atoms with Crippen molar-refractivity contribution >= 4 is 17.4 Å². The lowest BCUT2D eigenvalue weighted by molar-refractivity contribution is 0.783. The quantitative estimate of drug-likeness (QED) is 0.744. The van der Waals surface area contributed by atoms with Crippen molar-refractivity contribution in [3.8, 4) is 0 Å². The molecule has 0 atom stereocenters. The molecule has 1 fully saturated rings. The van der Waals surface area contributed by atoms with Crippen LogP contribution in [0.3, 0.4) is 0 Å². The van der Waals surface area contributed by atoms with Crippen molar-refractivity contribution in [1.82, 2.24) is 9.97 Å². The van der Waals surface area contributed by atoms with Crippen LogP contribution in [0.4, 0.5) is 5.82 Å². The van der Waals surface area contributed by atoms with E-state index in [1.165, 1.54) is 25.7 Å². The summed E-state index contributed by atoms with van der Waals surface area (Å²) in [5, 5.41) is 4.02. The van der Waals surface area contributed by atoms with Gasteiger partial charge in [-0.15, -0.1) is 0 Å². The summed E-state index contributed by atoms with van der Waals surface area (Å²) in [5.41, 5.74) is 1.11. The van der Waals surface area contributed by atoms with Gasteiger partial charge in [0.1, 0.15) is 16.8 Å². The average molecular weight is 224 g/mol. The molecule has 0 bridgehead atoms. The molecular weight excluding hydrogens is 210 g/mol. The van der Waals surface area contributed by atoms with Crippen LogP contribution in [0.15, 0.2) is 0 Å². The number of nitrogens with zero attached hydrogens (tertiary/aromatic N) is 2. The summed E-state index contributed by atoms with van der Waals surface area (Å²) in [6, 6.07) is 0. The van der Waals surface area contributed by atoms with Gasteiger partial charge in [0.25, 0.3) is 0 Å². The molecular formula is C11H14ClN3. The molecule has 1 aliphatic carbocycles. The zero-order chi connectivity index (χ0) is 10.3. The van der Waals surface area contributed by atoms with Gasteiger partial charge in [0.2, 0.25) is 0 Å². The van der Waals surface area contributed by atoms with Crippen molar-refractivity contribution in [1.29, 1.82) is 0 Å². The lowest BCUT2D eigenvalue weighted by atomic mass is 10.1. The minimum absolute atomic E-state index is 0.567. The number of hydrogen-bond acceptors (Lipinski definition) is 3. The molecule has 80 valence electrons. The monoisotopic (exact) mass is 223 g/mol. The van der Waals surface area contributed by atoms with E-state index in [0.717, 1.165) is 30.2 Å². The molecule has 1 saturated carbocycles. The Bertz CT molecular complexity index is 388. The Hall–Kier alpha value is -0.830. The number of hydrogen-bond donors (Lipinski definition) is 1. The minimum atomic E-state index is 0.567. The van der Waals surface area contributed by atoms with Gasteiger partial charge in [-0.2, -0.15) is 0 Å². The van der Waals surface area contributed by atoms with Crippen LogP contribution in [-0.4, -0.2) is 16.5 Å². The number of fused-ring (bicyclic) bond motifs is 1. The van der Waals surface area contributed by atoms with Gasteiger partial charge in [-0.1, -0.05) is 11.6 Å². The standard InChI is InChI=1S/C11H14ClN3/c12-9-8-3-1-2-6-13-11(8)15-10(14-9)7-4-5-7/h7H,1-6H2,(H,13,14,15). The first-order valence-electron chi connectivity index (χ1n) is 5.65. The summed E-state index contributed by atoms with van der Waals surface area (Å²) < 4.78 is 0. The fraction of sp³-hybridized carbons (Fsp3) is 0.636. The molecule has 1 aromatic rings. The predicted octanol–water partition coefficient (Wildman–Crippen LogP) is 2.76. The molecule has 2 aliphatic rings. The SMILES string of the molecule is Clc1nc(C2CC2)nc2c1CCCCN2. The molecule has 0 unspecified atom stereocenters. The second-order valence-electron chi connectivity index (χ2n) is 4.36. The third-order valence-corrected chi connectivity index (χ3v) is 3.38. The van der Waals surface area contributed by atoms with Crippen LogP contribution in [0.1, 0.15) is 43.0 Å². The summed E-state index contributed by atoms with van der Waals surface area (Å²) in [5.74, 6) is 2.49. The van der Waals surface area contributed by atoms with Gasteiger partial charge in [0, 0.05) is 18.0 Å². The lowest BCUT2D eigenvalue weighted by Gasteiger charge is -2.09. The maximum atomic E-state index is 6.20. The summed E-state index contributed by atoms with van der Waals surface area (Å²) in [7, 11) is 0. The molecule has 3 rings (SSSR count). The van der Waals surface area contributed by atoms with E-state index in [0.29, 0.717) is 11.1 Å². The fourth-order valence-corrected chi connectivity index (χ4v) is 2.27. The Morgan fingerprint density at radius 1 is 1.20 bits per heavy atom. The van der Waals surface area contributed by atoms with E-state index in [-0.39, 0.29) is 0 Å². The Labute approximate surface area is 94.3 Å². The van der Waals surface area contributed by atoms with E-state index in [9.17, 15) is 0 Å². The highest BCUT2D eigenvalue weighted by Crippen LogP contribution is 2.40. The second kappa shape index (κ2) is 3.63. The highest BCUT2D eigenvalue weighted by Gasteiger charge is 2.28. The van der Waals surface area contributed by atoms with Gasteiger partial charge >= 0.3 is 0 Å². The van der Waals surface area contributed by atoms with Gasteiger partial charge < -0.3 is 5.32 Å². The zero-order valence-electron chi connectivity index (χ0n) is 8.59. The van der Waals surface area contributed by atoms with Crippen LogP contribution in [0, 0.1) is 0 Å². The van der Waals surface area contributed by atoms with E-state index < -0.39 is 0 Å². The van der Waals surface area contributed by atoms with Crippen LogP contribution in [0.25, 0.3) is 0 Å². The molecule has 0 aromatic carbocycles. The molecule has 2 heterocycles. The van der Waals surface area contributed by atoms with Gasteiger partial charge in [0.15, 0.2) is 0 Å². The molecule has 1 aromatic heterocycles. The van der Waals surface area contributed by atoms with Crippen LogP contribution in [0.2, 0.25) is 5.15 Å². The number of nitrogens with one attached hydrogen (secondary N) is 1. The van der Waals surface area contributed by atoms with Crippen LogP contribution in [0.5, 0.6) is 0 Å². The van der Waals surface area contributed by atoms with Gasteiger partial charge in [0.05, 0.1) is 0 Å². The summed E-state index contributed by atoms with van der Waals surface area (Å²) >= 11 is 6.20. The molecule has 15 heavy (non-hydrogen) atoms. The normalized spacial score (nSPS) is 20.3. The number of anilines is 1. The largest absolute Gasteiger partial charge is 0.370 e. The Balaban J connectivity index is 2.03. The maximum Gasteiger partial charge on any atom is 0.138 e. The van der Waals surface area contributed by atoms with Crippen molar-refractivity contribution in [3.05, 3.63) is 16.5 Å². The molecule has 0 saturated heterocycles. The van der Waals surface area contributed by atoms with Gasteiger partial charge in [-0.05, 0) is 32.1 Å². The predicted molar refractivity (Wildman–Crippen MR) is 60.4 cm³/mol. The van der Waals surface area contributed by atoms with E-state index in [2.05, 4.69) is 15.3 Å². The Morgan fingerprint density at radius 3 is 2.87 bits per heavy atom. The molecule has 0 amide bonds. The molecule has 3 nitrogen and oxygen atoms in total. The van der Waals surface area contributed by atoms with Crippen molar-refractivity contribution in [2.45, 2.75) is 38.0 Å². The number of halogens is 1. The second-order valence-corrected chi connectivity index (χ2v) is 4.72. The molecule has 0 spiro atoms. The molecule has 0 radical (unpaired) electrons. The summed E-state index contributed by atoms with van der Waals surface area (Å²) in [6.07, 6.45) is 5.80. The zero-order valence-corrected chi connectivity index (χ0v) is 9.35. The van der Waals surface area contributed by atoms with Crippen LogP contribution < -0.4 is 5.32 Å². The van der Waals surface area contributed by atoms with Crippen LogP contribution >= 0.6 is 11.6 Å². The Morgan fingerprint density at radius 2 is 2.07 bits per heavy atom. The van der Waals surface area contributed by atoms with Crippen molar-refractivity contribution in [2.75, 3.05) is 11.9 Å². The topological polar surface area (TPSA) is 37.8 Å². The summed E-state index contributed by atoms with van der Waals surface area (Å²) in [6.45, 7) is 1.00. The average Bonchev–Trinajstić information content (AvgIpc) is 3.04. The number of rotatable bonds is 1. The minimum Gasteiger partial charge on any atom is -0.370 e. The van der Waals surface area contributed by atoms with E-state index >= 15 is 0 Å². The van der Waals surface area contributed by atoms with Gasteiger partial charge in [-0.3, -0.25) is 0 Å². The lowest BCUT2D eigenvalue weighted by Crippen LogP contribution is -2.06. The fourth-order valence-electron chi connectivity index (χ4n) is 2.00. The van der Waals surface area contributed by atoms with E-state index in [1.54, 1.807) is 0 Å². The first kappa shape index (κ1) is 9.40. The smallest absolute Gasteiger partial charge is 0.138 e. The van der Waals surface area contributed by atoms with Crippen molar-refractivity contribution in [3.63, 3.8) is 0 Å². The van der Waals surface area contributed by atoms with Crippen molar-refractivity contribution in [2.24, 2.45) is 0 Å². The third kappa shape index (κ3) is 1.81. The molecule has 4 heteroatoms. The Kier molecular flexibility index (Phi) is 2.28. The van der Waals surface area contributed by atoms with Crippen LogP contribution in [-0.2, 0) is 6.42 Å². The molecule has 1 N–H and O–H groups in total. The molecule has 1 aliphatic heterocycles. The highest BCUT2D eigenvalue weighted by molar-refractivity contribution is 6.30. The summed E-state index contributed by atoms with van der Waals surface area (Å²) in [4.78, 5) is 8.99. The third-order valence-electron chi connectivity index (χ3n) is 3.06. The maximum absolute atomic E-state index is 6.20. The highest BCUT2D eigenvalue weighted by atomic mass is 35.5. The first-order valence-corrected chi connectivity index (χ1v) is 6.02. The van der Waals surface area contributed by atoms with Crippen molar-refractivity contribution < 1.29 is 0 Å².